The van der Waals surface area contributed by atoms with E-state index in [1.807, 2.05) is 6.07 Å². The van der Waals surface area contributed by atoms with E-state index in [0.29, 0.717) is 23.1 Å². The third kappa shape index (κ3) is 4.78. The number of anilines is 1. The molecular weight excluding hydrogens is 346 g/mol. The molecule has 0 aliphatic carbocycles. The van der Waals surface area contributed by atoms with Gasteiger partial charge in [-0.2, -0.15) is 0 Å². The summed E-state index contributed by atoms with van der Waals surface area (Å²) in [5, 5.41) is 6.47. The zero-order valence-corrected chi connectivity index (χ0v) is 15.6. The molecule has 0 atom stereocenters. The van der Waals surface area contributed by atoms with Crippen LogP contribution < -0.4 is 20.1 Å². The average Bonchev–Trinajstić information content (AvgIpc) is 2.95. The fourth-order valence-corrected chi connectivity index (χ4v) is 3.35. The minimum Gasteiger partial charge on any atom is -0.497 e. The average molecular weight is 367 g/mol. The summed E-state index contributed by atoms with van der Waals surface area (Å²) in [4.78, 5) is 16.3. The third-order valence-electron chi connectivity index (χ3n) is 3.37. The van der Waals surface area contributed by atoms with E-state index in [1.165, 1.54) is 11.3 Å². The smallest absolute Gasteiger partial charge is 0.226 e. The molecule has 0 aliphatic heterocycles. The van der Waals surface area contributed by atoms with Gasteiger partial charge < -0.3 is 20.1 Å². The molecule has 0 unspecified atom stereocenters. The molecule has 1 aromatic heterocycles. The Morgan fingerprint density at radius 2 is 2.08 bits per heavy atom. The van der Waals surface area contributed by atoms with Crippen molar-refractivity contribution in [3.8, 4) is 11.5 Å². The molecule has 130 valence electrons. The van der Waals surface area contributed by atoms with Crippen LogP contribution in [0.4, 0.5) is 5.13 Å². The summed E-state index contributed by atoms with van der Waals surface area (Å²) in [5.74, 6) is 1.24. The molecule has 1 aromatic carbocycles. The normalized spacial score (nSPS) is 10.5. The fourth-order valence-electron chi connectivity index (χ4n) is 2.15. The Kier molecular flexibility index (Phi) is 6.74. The van der Waals surface area contributed by atoms with Gasteiger partial charge in [-0.05, 0) is 24.7 Å². The molecule has 8 heteroatoms. The molecule has 2 N–H and O–H groups in total. The Morgan fingerprint density at radius 3 is 2.75 bits per heavy atom. The van der Waals surface area contributed by atoms with Gasteiger partial charge in [-0.1, -0.05) is 31.1 Å². The molecule has 2 aromatic rings. The number of unbranched alkanes of at least 4 members (excludes halogenated alkanes) is 2. The van der Waals surface area contributed by atoms with Gasteiger partial charge in [0.25, 0.3) is 0 Å². The number of rotatable bonds is 7. The number of nitrogens with zero attached hydrogens (tertiary/aromatic N) is 1. The van der Waals surface area contributed by atoms with Gasteiger partial charge in [0.05, 0.1) is 18.9 Å². The number of carbonyl (C=O) groups is 1. The lowest BCUT2D eigenvalue weighted by atomic mass is 10.2. The fraction of sp³-hybridized carbons (Fsp3) is 0.438. The molecule has 24 heavy (non-hydrogen) atoms. The summed E-state index contributed by atoms with van der Waals surface area (Å²) in [7, 11) is 3.19. The standard InChI is InChI=1S/C16H21N3O3S2/c1-4-5-6-7-13(20)17-15(23)19-16-18-14-11(22-3)8-10(21-2)9-12(14)24-16/h8-9H,4-7H2,1-3H3,(H2,17,18,19,20,23). The summed E-state index contributed by atoms with van der Waals surface area (Å²) in [6.45, 7) is 2.10. The van der Waals surface area contributed by atoms with Crippen molar-refractivity contribution in [1.29, 1.82) is 0 Å². The van der Waals surface area contributed by atoms with Gasteiger partial charge in [0.2, 0.25) is 5.91 Å². The Morgan fingerprint density at radius 1 is 1.29 bits per heavy atom. The number of thiazole rings is 1. The number of ether oxygens (including phenoxy) is 2. The molecular formula is C16H21N3O3S2. The molecule has 0 fully saturated rings. The van der Waals surface area contributed by atoms with Crippen molar-refractivity contribution in [2.45, 2.75) is 32.6 Å². The summed E-state index contributed by atoms with van der Waals surface area (Å²) in [5.41, 5.74) is 0.725. The van der Waals surface area contributed by atoms with E-state index in [-0.39, 0.29) is 11.0 Å². The van der Waals surface area contributed by atoms with Crippen molar-refractivity contribution in [2.24, 2.45) is 0 Å². The topological polar surface area (TPSA) is 72.5 Å². The van der Waals surface area contributed by atoms with E-state index >= 15 is 0 Å². The lowest BCUT2D eigenvalue weighted by molar-refractivity contribution is -0.119. The second kappa shape index (κ2) is 8.79. The highest BCUT2D eigenvalue weighted by Gasteiger charge is 2.13. The van der Waals surface area contributed by atoms with Crippen LogP contribution in [0.15, 0.2) is 12.1 Å². The van der Waals surface area contributed by atoms with Crippen LogP contribution in [0.2, 0.25) is 0 Å². The second-order valence-corrected chi connectivity index (χ2v) is 6.59. The van der Waals surface area contributed by atoms with Gasteiger partial charge in [-0.3, -0.25) is 4.79 Å². The first kappa shape index (κ1) is 18.4. The highest BCUT2D eigenvalue weighted by Crippen LogP contribution is 2.36. The maximum Gasteiger partial charge on any atom is 0.226 e. The van der Waals surface area contributed by atoms with Crippen LogP contribution in [0.3, 0.4) is 0 Å². The number of hydrogen-bond acceptors (Lipinski definition) is 6. The van der Waals surface area contributed by atoms with Gasteiger partial charge in [0.15, 0.2) is 10.2 Å². The minimum absolute atomic E-state index is 0.0821. The number of carbonyl (C=O) groups excluding carboxylic acids is 1. The second-order valence-electron chi connectivity index (χ2n) is 5.15. The number of thiocarbonyl (C=S) groups is 1. The lowest BCUT2D eigenvalue weighted by Crippen LogP contribution is -2.33. The Hall–Kier alpha value is -1.93. The largest absolute Gasteiger partial charge is 0.497 e. The van der Waals surface area contributed by atoms with Crippen LogP contribution in [-0.2, 0) is 4.79 Å². The van der Waals surface area contributed by atoms with Crippen LogP contribution in [-0.4, -0.2) is 30.2 Å². The molecule has 1 amide bonds. The molecule has 0 saturated carbocycles. The molecule has 0 spiro atoms. The van der Waals surface area contributed by atoms with Crippen LogP contribution >= 0.6 is 23.6 Å². The van der Waals surface area contributed by atoms with Gasteiger partial charge in [-0.15, -0.1) is 0 Å². The van der Waals surface area contributed by atoms with Crippen molar-refractivity contribution in [2.75, 3.05) is 19.5 Å². The van der Waals surface area contributed by atoms with Gasteiger partial charge >= 0.3 is 0 Å². The number of fused-ring (bicyclic) bond motifs is 1. The van der Waals surface area contributed by atoms with Crippen LogP contribution in [0.1, 0.15) is 32.6 Å². The van der Waals surface area contributed by atoms with Crippen LogP contribution in [0, 0.1) is 0 Å². The predicted octanol–water partition coefficient (Wildman–Crippen LogP) is 3.71. The highest BCUT2D eigenvalue weighted by atomic mass is 32.1. The molecule has 1 heterocycles. The quantitative estimate of drug-likeness (QED) is 0.574. The number of amides is 1. The van der Waals surface area contributed by atoms with Crippen molar-refractivity contribution >= 4 is 49.9 Å². The van der Waals surface area contributed by atoms with E-state index in [2.05, 4.69) is 22.5 Å². The van der Waals surface area contributed by atoms with E-state index in [4.69, 9.17) is 21.7 Å². The van der Waals surface area contributed by atoms with Gasteiger partial charge in [-0.25, -0.2) is 4.98 Å². The summed E-state index contributed by atoms with van der Waals surface area (Å²) < 4.78 is 11.5. The first-order valence-electron chi connectivity index (χ1n) is 7.70. The molecule has 6 nitrogen and oxygen atoms in total. The van der Waals surface area contributed by atoms with Crippen LogP contribution in [0.5, 0.6) is 11.5 Å². The Bertz CT molecular complexity index is 731. The van der Waals surface area contributed by atoms with Crippen LogP contribution in [0.25, 0.3) is 10.2 Å². The molecule has 0 bridgehead atoms. The molecule has 0 saturated heterocycles. The number of aromatic nitrogens is 1. The first-order chi connectivity index (χ1) is 11.6. The zero-order valence-electron chi connectivity index (χ0n) is 14.0. The van der Waals surface area contributed by atoms with E-state index in [0.717, 1.165) is 29.5 Å². The summed E-state index contributed by atoms with van der Waals surface area (Å²) in [6.07, 6.45) is 3.45. The maximum absolute atomic E-state index is 11.8. The highest BCUT2D eigenvalue weighted by molar-refractivity contribution is 7.80. The summed E-state index contributed by atoms with van der Waals surface area (Å²) in [6, 6.07) is 3.66. The number of nitrogens with one attached hydrogen (secondary N) is 2. The van der Waals surface area contributed by atoms with Crippen molar-refractivity contribution < 1.29 is 14.3 Å². The monoisotopic (exact) mass is 367 g/mol. The third-order valence-corrected chi connectivity index (χ3v) is 4.49. The number of hydrogen-bond donors (Lipinski definition) is 2. The van der Waals surface area contributed by atoms with Crippen molar-refractivity contribution in [3.05, 3.63) is 12.1 Å². The zero-order chi connectivity index (χ0) is 17.5. The maximum atomic E-state index is 11.8. The Labute approximate surface area is 150 Å². The molecule has 0 radical (unpaired) electrons. The number of benzene rings is 1. The van der Waals surface area contributed by atoms with E-state index in [1.54, 1.807) is 20.3 Å². The lowest BCUT2D eigenvalue weighted by Gasteiger charge is -2.06. The van der Waals surface area contributed by atoms with E-state index in [9.17, 15) is 4.79 Å². The van der Waals surface area contributed by atoms with Gasteiger partial charge in [0.1, 0.15) is 17.0 Å². The first-order valence-corrected chi connectivity index (χ1v) is 8.93. The number of methoxy groups -OCH3 is 2. The summed E-state index contributed by atoms with van der Waals surface area (Å²) >= 11 is 6.59. The molecule has 2 rings (SSSR count). The Balaban J connectivity index is 2.04. The van der Waals surface area contributed by atoms with Gasteiger partial charge in [0, 0.05) is 12.5 Å². The van der Waals surface area contributed by atoms with Crippen molar-refractivity contribution in [1.82, 2.24) is 10.3 Å². The minimum atomic E-state index is -0.0821. The SMILES string of the molecule is CCCCCC(=O)NC(=S)Nc1nc2c(OC)cc(OC)cc2s1. The molecule has 0 aliphatic rings. The predicted molar refractivity (Wildman–Crippen MR) is 101 cm³/mol. The van der Waals surface area contributed by atoms with Crippen molar-refractivity contribution in [3.63, 3.8) is 0 Å². The van der Waals surface area contributed by atoms with E-state index < -0.39 is 0 Å².